The van der Waals surface area contributed by atoms with Gasteiger partial charge in [0.25, 0.3) is 5.91 Å². The lowest BCUT2D eigenvalue weighted by Crippen LogP contribution is -2.38. The summed E-state index contributed by atoms with van der Waals surface area (Å²) < 4.78 is 6.60. The first-order valence-corrected chi connectivity index (χ1v) is 8.28. The summed E-state index contributed by atoms with van der Waals surface area (Å²) in [6, 6.07) is 9.19. The number of rotatable bonds is 2. The van der Waals surface area contributed by atoms with E-state index in [9.17, 15) is 4.79 Å². The minimum Gasteiger partial charge on any atom is -0.451 e. The number of nitrogen functional groups attached to an aromatic ring is 1. The van der Waals surface area contributed by atoms with Gasteiger partial charge in [-0.3, -0.25) is 4.79 Å². The van der Waals surface area contributed by atoms with Gasteiger partial charge in [0.15, 0.2) is 5.76 Å². The summed E-state index contributed by atoms with van der Waals surface area (Å²) >= 11 is 3.37. The smallest absolute Gasteiger partial charge is 0.289 e. The van der Waals surface area contributed by atoms with Gasteiger partial charge in [0.2, 0.25) is 0 Å². The van der Waals surface area contributed by atoms with Gasteiger partial charge in [-0.25, -0.2) is 0 Å². The molecular weight excluding hydrogens is 344 g/mol. The molecule has 1 aromatic heterocycles. The molecule has 3 rings (SSSR count). The zero-order valence-electron chi connectivity index (χ0n) is 12.5. The van der Waals surface area contributed by atoms with Crippen LogP contribution in [0.2, 0.25) is 0 Å². The first-order chi connectivity index (χ1) is 10.5. The number of amides is 1. The van der Waals surface area contributed by atoms with Gasteiger partial charge in [-0.05, 0) is 65.0 Å². The molecule has 2 N–H and O–H groups in total. The van der Waals surface area contributed by atoms with Gasteiger partial charge in [-0.1, -0.05) is 6.92 Å². The third-order valence-corrected chi connectivity index (χ3v) is 4.76. The first-order valence-electron chi connectivity index (χ1n) is 7.49. The highest BCUT2D eigenvalue weighted by Crippen LogP contribution is 2.29. The van der Waals surface area contributed by atoms with E-state index < -0.39 is 0 Å². The number of nitrogens with zero attached hydrogens (tertiary/aromatic N) is 1. The molecule has 22 heavy (non-hydrogen) atoms. The van der Waals surface area contributed by atoms with Crippen molar-refractivity contribution >= 4 is 27.5 Å². The van der Waals surface area contributed by atoms with Crippen molar-refractivity contribution < 1.29 is 9.21 Å². The normalized spacial score (nSPS) is 18.5. The minimum atomic E-state index is -0.0251. The number of carbonyl (C=O) groups excluding carboxylic acids is 1. The second-order valence-electron chi connectivity index (χ2n) is 5.90. The van der Waals surface area contributed by atoms with Crippen molar-refractivity contribution in [3.8, 4) is 11.3 Å². The van der Waals surface area contributed by atoms with E-state index in [1.807, 2.05) is 29.2 Å². The average Bonchev–Trinajstić information content (AvgIpc) is 2.99. The molecule has 1 fully saturated rings. The van der Waals surface area contributed by atoms with E-state index >= 15 is 0 Å². The topological polar surface area (TPSA) is 59.5 Å². The fraction of sp³-hybridized carbons (Fsp3) is 0.353. The van der Waals surface area contributed by atoms with E-state index in [0.717, 1.165) is 29.5 Å². The number of anilines is 1. The zero-order chi connectivity index (χ0) is 15.7. The van der Waals surface area contributed by atoms with Gasteiger partial charge < -0.3 is 15.1 Å². The summed E-state index contributed by atoms with van der Waals surface area (Å²) in [6.07, 6.45) is 2.25. The molecule has 1 aliphatic rings. The van der Waals surface area contributed by atoms with Crippen molar-refractivity contribution in [2.45, 2.75) is 19.8 Å². The molecule has 116 valence electrons. The van der Waals surface area contributed by atoms with Crippen molar-refractivity contribution in [2.75, 3.05) is 18.8 Å². The minimum absolute atomic E-state index is 0.0251. The maximum absolute atomic E-state index is 12.5. The Morgan fingerprint density at radius 3 is 2.91 bits per heavy atom. The van der Waals surface area contributed by atoms with Gasteiger partial charge in [0.05, 0.1) is 0 Å². The van der Waals surface area contributed by atoms with Crippen LogP contribution in [0, 0.1) is 5.92 Å². The molecule has 2 aromatic rings. The lowest BCUT2D eigenvalue weighted by molar-refractivity contribution is 0.0652. The second kappa shape index (κ2) is 6.16. The maximum atomic E-state index is 12.5. The molecule has 1 amide bonds. The highest BCUT2D eigenvalue weighted by molar-refractivity contribution is 9.10. The third-order valence-electron chi connectivity index (χ3n) is 4.04. The Morgan fingerprint density at radius 1 is 1.36 bits per heavy atom. The summed E-state index contributed by atoms with van der Waals surface area (Å²) in [5.74, 6) is 1.58. The van der Waals surface area contributed by atoms with E-state index in [1.165, 1.54) is 6.42 Å². The van der Waals surface area contributed by atoms with Crippen molar-refractivity contribution in [1.82, 2.24) is 4.90 Å². The number of piperidine rings is 1. The second-order valence-corrected chi connectivity index (χ2v) is 6.75. The molecule has 1 saturated heterocycles. The van der Waals surface area contributed by atoms with Crippen LogP contribution in [0.15, 0.2) is 39.2 Å². The summed E-state index contributed by atoms with van der Waals surface area (Å²) in [5, 5.41) is 0. The van der Waals surface area contributed by atoms with E-state index in [1.54, 1.807) is 6.07 Å². The Bertz CT molecular complexity index is 696. The number of halogens is 1. The van der Waals surface area contributed by atoms with E-state index in [4.69, 9.17) is 10.2 Å². The van der Waals surface area contributed by atoms with Crippen LogP contribution in [0.5, 0.6) is 0 Å². The highest BCUT2D eigenvalue weighted by Gasteiger charge is 2.24. The summed E-state index contributed by atoms with van der Waals surface area (Å²) in [7, 11) is 0. The fourth-order valence-corrected chi connectivity index (χ4v) is 3.08. The number of hydrogen-bond donors (Lipinski definition) is 1. The van der Waals surface area contributed by atoms with Gasteiger partial charge in [0.1, 0.15) is 5.76 Å². The van der Waals surface area contributed by atoms with Crippen LogP contribution in [0.4, 0.5) is 5.69 Å². The molecule has 1 unspecified atom stereocenters. The average molecular weight is 363 g/mol. The molecule has 0 radical (unpaired) electrons. The maximum Gasteiger partial charge on any atom is 0.289 e. The number of nitrogens with two attached hydrogens (primary N) is 1. The Hall–Kier alpha value is -1.75. The van der Waals surface area contributed by atoms with E-state index in [2.05, 4.69) is 22.9 Å². The lowest BCUT2D eigenvalue weighted by atomic mass is 10.0. The third kappa shape index (κ3) is 3.04. The number of benzene rings is 1. The van der Waals surface area contributed by atoms with E-state index in [0.29, 0.717) is 23.1 Å². The van der Waals surface area contributed by atoms with Crippen LogP contribution in [0.25, 0.3) is 11.3 Å². The molecule has 1 aromatic carbocycles. The quantitative estimate of drug-likeness (QED) is 0.815. The number of carbonyl (C=O) groups is 1. The van der Waals surface area contributed by atoms with Crippen molar-refractivity contribution in [3.63, 3.8) is 0 Å². The van der Waals surface area contributed by atoms with Crippen LogP contribution in [-0.2, 0) is 0 Å². The van der Waals surface area contributed by atoms with E-state index in [-0.39, 0.29) is 5.91 Å². The number of likely N-dealkylation sites (tertiary alicyclic amines) is 1. The largest absolute Gasteiger partial charge is 0.451 e. The van der Waals surface area contributed by atoms with Crippen LogP contribution in [0.1, 0.15) is 30.3 Å². The number of furan rings is 1. The van der Waals surface area contributed by atoms with Gasteiger partial charge >= 0.3 is 0 Å². The van der Waals surface area contributed by atoms with Crippen molar-refractivity contribution in [1.29, 1.82) is 0 Å². The van der Waals surface area contributed by atoms with Crippen molar-refractivity contribution in [2.24, 2.45) is 5.92 Å². The molecule has 1 atom stereocenters. The molecule has 0 saturated carbocycles. The highest BCUT2D eigenvalue weighted by atomic mass is 79.9. The van der Waals surface area contributed by atoms with Crippen LogP contribution < -0.4 is 5.73 Å². The number of hydrogen-bond acceptors (Lipinski definition) is 3. The zero-order valence-corrected chi connectivity index (χ0v) is 14.1. The standard InChI is InChI=1S/C17H19BrN2O2/c1-11-3-2-8-20(10-11)17(21)16-7-6-15(22-16)12-4-5-13(18)14(19)9-12/h4-7,9,11H,2-3,8,10,19H2,1H3. The molecule has 1 aliphatic heterocycles. The predicted molar refractivity (Wildman–Crippen MR) is 90.6 cm³/mol. The Balaban J connectivity index is 1.81. The lowest BCUT2D eigenvalue weighted by Gasteiger charge is -2.30. The summed E-state index contributed by atoms with van der Waals surface area (Å²) in [6.45, 7) is 3.79. The molecule has 0 aliphatic carbocycles. The molecular formula is C17H19BrN2O2. The van der Waals surface area contributed by atoms with Crippen LogP contribution >= 0.6 is 15.9 Å². The summed E-state index contributed by atoms with van der Waals surface area (Å²) in [4.78, 5) is 14.4. The molecule has 0 spiro atoms. The van der Waals surface area contributed by atoms with Crippen LogP contribution in [-0.4, -0.2) is 23.9 Å². The van der Waals surface area contributed by atoms with Gasteiger partial charge in [-0.2, -0.15) is 0 Å². The van der Waals surface area contributed by atoms with Gasteiger partial charge in [-0.15, -0.1) is 0 Å². The van der Waals surface area contributed by atoms with Gasteiger partial charge in [0, 0.05) is 28.8 Å². The van der Waals surface area contributed by atoms with Crippen LogP contribution in [0.3, 0.4) is 0 Å². The Labute approximate surface area is 138 Å². The molecule has 2 heterocycles. The SMILES string of the molecule is CC1CCCN(C(=O)c2ccc(-c3ccc(Br)c(N)c3)o2)C1. The van der Waals surface area contributed by atoms with Crippen molar-refractivity contribution in [3.05, 3.63) is 40.6 Å². The Morgan fingerprint density at radius 2 is 2.18 bits per heavy atom. The predicted octanol–water partition coefficient (Wildman–Crippen LogP) is 4.16. The molecule has 5 heteroatoms. The Kier molecular flexibility index (Phi) is 4.25. The monoisotopic (exact) mass is 362 g/mol. The fourth-order valence-electron chi connectivity index (χ4n) is 2.83. The summed E-state index contributed by atoms with van der Waals surface area (Å²) in [5.41, 5.74) is 7.41. The first kappa shape index (κ1) is 15.2. The molecule has 0 bridgehead atoms. The molecule has 4 nitrogen and oxygen atoms in total.